The van der Waals surface area contributed by atoms with Crippen LogP contribution in [0.3, 0.4) is 0 Å². The summed E-state index contributed by atoms with van der Waals surface area (Å²) >= 11 is 6.56. The fourth-order valence-corrected chi connectivity index (χ4v) is 4.37. The lowest BCUT2D eigenvalue weighted by molar-refractivity contribution is -0.124. The monoisotopic (exact) mass is 483 g/mol. The molecule has 0 saturated carbocycles. The number of hydrogen-bond acceptors (Lipinski definition) is 5. The van der Waals surface area contributed by atoms with Crippen LogP contribution in [0.2, 0.25) is 0 Å². The zero-order valence-electron chi connectivity index (χ0n) is 17.8. The lowest BCUT2D eigenvalue weighted by atomic mass is 10.1. The number of amides is 3. The molecule has 1 saturated heterocycles. The van der Waals surface area contributed by atoms with Crippen molar-refractivity contribution in [2.24, 2.45) is 0 Å². The summed E-state index contributed by atoms with van der Waals surface area (Å²) in [5.41, 5.74) is 6.77. The summed E-state index contributed by atoms with van der Waals surface area (Å²) in [7, 11) is 0. The average Bonchev–Trinajstić information content (AvgIpc) is 3.05. The Labute approximate surface area is 200 Å². The topological polar surface area (TPSA) is 78.5 Å². The van der Waals surface area contributed by atoms with E-state index in [2.05, 4.69) is 10.9 Å². The highest BCUT2D eigenvalue weighted by Gasteiger charge is 2.31. The van der Waals surface area contributed by atoms with E-state index in [0.717, 1.165) is 23.3 Å². The Kier molecular flexibility index (Phi) is 8.51. The first-order chi connectivity index (χ1) is 15.8. The number of nitrogens with one attached hydrogen (secondary N) is 2. The lowest BCUT2D eigenvalue weighted by Crippen LogP contribution is -2.41. The SMILES string of the molecule is CC(/C=C1\SC(=S)N(CCCC(=O)NNC(=O)c2ccc(F)cc2)C1=O)=C\c1ccccc1. The fraction of sp³-hybridized carbons (Fsp3) is 0.167. The van der Waals surface area contributed by atoms with Gasteiger partial charge in [-0.1, -0.05) is 60.4 Å². The Balaban J connectivity index is 1.46. The van der Waals surface area contributed by atoms with Crippen LogP contribution < -0.4 is 10.9 Å². The van der Waals surface area contributed by atoms with Crippen molar-refractivity contribution in [3.63, 3.8) is 0 Å². The zero-order chi connectivity index (χ0) is 23.8. The van der Waals surface area contributed by atoms with E-state index in [1.165, 1.54) is 28.8 Å². The Bertz CT molecular complexity index is 1120. The molecule has 0 bridgehead atoms. The standard InChI is InChI=1S/C24H22FN3O3S2/c1-16(14-17-6-3-2-4-7-17)15-20-23(31)28(24(32)33-20)13-5-8-21(29)26-27-22(30)18-9-11-19(25)12-10-18/h2-4,6-7,9-12,14-15H,5,8,13H2,1H3,(H,26,29)(H,27,30)/b16-14+,20-15-. The van der Waals surface area contributed by atoms with Crippen LogP contribution in [0.1, 0.15) is 35.7 Å². The smallest absolute Gasteiger partial charge is 0.269 e. The van der Waals surface area contributed by atoms with E-state index in [1.807, 2.05) is 49.4 Å². The van der Waals surface area contributed by atoms with E-state index < -0.39 is 17.6 Å². The summed E-state index contributed by atoms with van der Waals surface area (Å²) in [6.07, 6.45) is 4.25. The van der Waals surface area contributed by atoms with E-state index in [9.17, 15) is 18.8 Å². The lowest BCUT2D eigenvalue weighted by Gasteiger charge is -2.14. The van der Waals surface area contributed by atoms with E-state index in [-0.39, 0.29) is 17.9 Å². The molecule has 0 atom stereocenters. The maximum Gasteiger partial charge on any atom is 0.269 e. The number of allylic oxidation sites excluding steroid dienone is 2. The van der Waals surface area contributed by atoms with Crippen molar-refractivity contribution in [1.82, 2.24) is 15.8 Å². The minimum Gasteiger partial charge on any atom is -0.293 e. The predicted molar refractivity (Wildman–Crippen MR) is 131 cm³/mol. The van der Waals surface area contributed by atoms with Gasteiger partial charge in [-0.25, -0.2) is 4.39 Å². The molecule has 170 valence electrons. The third-order valence-electron chi connectivity index (χ3n) is 4.63. The van der Waals surface area contributed by atoms with Gasteiger partial charge in [0.2, 0.25) is 5.91 Å². The van der Waals surface area contributed by atoms with Crippen molar-refractivity contribution in [2.45, 2.75) is 19.8 Å². The minimum atomic E-state index is -0.552. The molecular formula is C24H22FN3O3S2. The number of thioether (sulfide) groups is 1. The van der Waals surface area contributed by atoms with Gasteiger partial charge in [0.1, 0.15) is 10.1 Å². The van der Waals surface area contributed by atoms with Gasteiger partial charge in [-0.3, -0.25) is 30.1 Å². The van der Waals surface area contributed by atoms with Gasteiger partial charge in [0.05, 0.1) is 4.91 Å². The van der Waals surface area contributed by atoms with Crippen molar-refractivity contribution >= 4 is 52.1 Å². The molecule has 3 amide bonds. The molecule has 2 N–H and O–H groups in total. The van der Waals surface area contributed by atoms with Gasteiger partial charge in [0, 0.05) is 18.5 Å². The second-order valence-corrected chi connectivity index (χ2v) is 8.92. The van der Waals surface area contributed by atoms with Crippen LogP contribution in [0, 0.1) is 5.82 Å². The molecule has 1 aliphatic rings. The minimum absolute atomic E-state index is 0.0900. The van der Waals surface area contributed by atoms with Gasteiger partial charge >= 0.3 is 0 Å². The largest absolute Gasteiger partial charge is 0.293 e. The number of hydrogen-bond donors (Lipinski definition) is 2. The van der Waals surface area contributed by atoms with Gasteiger partial charge < -0.3 is 0 Å². The van der Waals surface area contributed by atoms with Crippen LogP contribution >= 0.6 is 24.0 Å². The van der Waals surface area contributed by atoms with Gasteiger partial charge in [-0.15, -0.1) is 0 Å². The highest BCUT2D eigenvalue weighted by atomic mass is 32.2. The third-order valence-corrected chi connectivity index (χ3v) is 6.01. The molecule has 1 aliphatic heterocycles. The van der Waals surface area contributed by atoms with Crippen molar-refractivity contribution in [3.05, 3.63) is 88.1 Å². The Morgan fingerprint density at radius 2 is 1.79 bits per heavy atom. The number of rotatable bonds is 7. The zero-order valence-corrected chi connectivity index (χ0v) is 19.5. The summed E-state index contributed by atoms with van der Waals surface area (Å²) < 4.78 is 13.4. The second kappa shape index (κ2) is 11.5. The van der Waals surface area contributed by atoms with Gasteiger partial charge in [-0.2, -0.15) is 0 Å². The van der Waals surface area contributed by atoms with Gasteiger partial charge in [0.25, 0.3) is 11.8 Å². The quantitative estimate of drug-likeness (QED) is 0.350. The van der Waals surface area contributed by atoms with Crippen LogP contribution in [0.25, 0.3) is 6.08 Å². The molecule has 9 heteroatoms. The summed E-state index contributed by atoms with van der Waals surface area (Å²) in [5, 5.41) is 0. The first-order valence-corrected chi connectivity index (χ1v) is 11.4. The summed E-state index contributed by atoms with van der Waals surface area (Å²) in [5.74, 6) is -1.60. The van der Waals surface area contributed by atoms with Crippen LogP contribution in [-0.2, 0) is 9.59 Å². The molecule has 2 aromatic carbocycles. The third kappa shape index (κ3) is 7.10. The molecule has 0 aromatic heterocycles. The van der Waals surface area contributed by atoms with E-state index >= 15 is 0 Å². The molecule has 1 heterocycles. The molecule has 1 fully saturated rings. The number of hydrazine groups is 1. The van der Waals surface area contributed by atoms with Crippen molar-refractivity contribution in [2.75, 3.05) is 6.54 Å². The van der Waals surface area contributed by atoms with E-state index in [0.29, 0.717) is 22.2 Å². The number of carbonyl (C=O) groups excluding carboxylic acids is 3. The van der Waals surface area contributed by atoms with Crippen LogP contribution in [-0.4, -0.2) is 33.5 Å². The van der Waals surface area contributed by atoms with Gasteiger partial charge in [0.15, 0.2) is 0 Å². The summed E-state index contributed by atoms with van der Waals surface area (Å²) in [6.45, 7) is 2.22. The van der Waals surface area contributed by atoms with Crippen LogP contribution in [0.15, 0.2) is 71.2 Å². The van der Waals surface area contributed by atoms with Crippen LogP contribution in [0.5, 0.6) is 0 Å². The average molecular weight is 484 g/mol. The number of halogens is 1. The fourth-order valence-electron chi connectivity index (χ4n) is 3.01. The van der Waals surface area contributed by atoms with E-state index in [1.54, 1.807) is 0 Å². The summed E-state index contributed by atoms with van der Waals surface area (Å²) in [4.78, 5) is 38.7. The van der Waals surface area contributed by atoms with Crippen LogP contribution in [0.4, 0.5) is 4.39 Å². The normalized spacial score (nSPS) is 15.2. The molecule has 33 heavy (non-hydrogen) atoms. The molecule has 6 nitrogen and oxygen atoms in total. The molecular weight excluding hydrogens is 461 g/mol. The molecule has 3 rings (SSSR count). The Hall–Kier alpha value is -3.30. The molecule has 0 aliphatic carbocycles. The first-order valence-electron chi connectivity index (χ1n) is 10.2. The van der Waals surface area contributed by atoms with Gasteiger partial charge in [-0.05, 0) is 54.8 Å². The number of nitrogens with zero attached hydrogens (tertiary/aromatic N) is 1. The predicted octanol–water partition coefficient (Wildman–Crippen LogP) is 4.21. The first kappa shape index (κ1) is 24.3. The van der Waals surface area contributed by atoms with Crippen molar-refractivity contribution < 1.29 is 18.8 Å². The number of thiocarbonyl (C=S) groups is 1. The van der Waals surface area contributed by atoms with Crippen molar-refractivity contribution in [3.8, 4) is 0 Å². The Morgan fingerprint density at radius 1 is 1.09 bits per heavy atom. The highest BCUT2D eigenvalue weighted by molar-refractivity contribution is 8.26. The number of benzene rings is 2. The van der Waals surface area contributed by atoms with Crippen molar-refractivity contribution in [1.29, 1.82) is 0 Å². The molecule has 0 radical (unpaired) electrons. The molecule has 0 unspecified atom stereocenters. The maximum atomic E-state index is 12.9. The summed E-state index contributed by atoms with van der Waals surface area (Å²) in [6, 6.07) is 14.8. The highest BCUT2D eigenvalue weighted by Crippen LogP contribution is 2.32. The molecule has 2 aromatic rings. The second-order valence-electron chi connectivity index (χ2n) is 7.25. The van der Waals surface area contributed by atoms with E-state index in [4.69, 9.17) is 12.2 Å². The Morgan fingerprint density at radius 3 is 2.48 bits per heavy atom. The number of carbonyl (C=O) groups is 3. The maximum absolute atomic E-state index is 12.9. The molecule has 0 spiro atoms.